The van der Waals surface area contributed by atoms with E-state index in [-0.39, 0.29) is 23.7 Å². The predicted molar refractivity (Wildman–Crippen MR) is 117 cm³/mol. The zero-order chi connectivity index (χ0) is 22.5. The number of nitrogens with zero attached hydrogens (tertiary/aromatic N) is 4. The number of amides is 1. The van der Waals surface area contributed by atoms with Crippen LogP contribution in [0.4, 0.5) is 5.82 Å². The second-order valence-corrected chi connectivity index (χ2v) is 7.22. The molecule has 1 heterocycles. The first-order chi connectivity index (χ1) is 14.8. The number of rotatable bonds is 7. The SMILES string of the molecule is COc1ccc(/C=N/NC(=O)c2ccccc2O)cc1Cn1nc([N+](=O)[O-])c(Br)c1C. The van der Waals surface area contributed by atoms with E-state index < -0.39 is 10.8 Å². The lowest BCUT2D eigenvalue weighted by atomic mass is 10.1. The molecule has 2 aromatic carbocycles. The first-order valence-corrected chi connectivity index (χ1v) is 9.76. The van der Waals surface area contributed by atoms with Crippen molar-refractivity contribution in [2.45, 2.75) is 13.5 Å². The Labute approximate surface area is 185 Å². The summed E-state index contributed by atoms with van der Waals surface area (Å²) in [4.78, 5) is 22.7. The highest BCUT2D eigenvalue weighted by molar-refractivity contribution is 9.10. The van der Waals surface area contributed by atoms with E-state index in [0.29, 0.717) is 27.0 Å². The summed E-state index contributed by atoms with van der Waals surface area (Å²) in [7, 11) is 1.52. The van der Waals surface area contributed by atoms with Crippen LogP contribution in [-0.2, 0) is 6.54 Å². The first-order valence-electron chi connectivity index (χ1n) is 8.97. The number of aromatic hydroxyl groups is 1. The van der Waals surface area contributed by atoms with Gasteiger partial charge in [0.05, 0.1) is 36.2 Å². The Hall–Kier alpha value is -3.73. The number of ether oxygens (including phenoxy) is 1. The van der Waals surface area contributed by atoms with Crippen LogP contribution in [0.1, 0.15) is 27.2 Å². The third-order valence-corrected chi connectivity index (χ3v) is 5.37. The van der Waals surface area contributed by atoms with Gasteiger partial charge in [-0.25, -0.2) is 5.43 Å². The summed E-state index contributed by atoms with van der Waals surface area (Å²) in [6, 6.07) is 11.4. The van der Waals surface area contributed by atoms with Crippen molar-refractivity contribution in [3.63, 3.8) is 0 Å². The molecule has 0 radical (unpaired) electrons. The molecule has 0 fully saturated rings. The topological polar surface area (TPSA) is 132 Å². The third-order valence-electron chi connectivity index (χ3n) is 4.44. The molecule has 0 unspecified atom stereocenters. The molecule has 10 nitrogen and oxygen atoms in total. The van der Waals surface area contributed by atoms with Crippen LogP contribution in [0, 0.1) is 17.0 Å². The number of phenolic OH excluding ortho intramolecular Hbond substituents is 1. The van der Waals surface area contributed by atoms with Gasteiger partial charge in [0, 0.05) is 5.56 Å². The molecule has 0 aliphatic carbocycles. The molecule has 31 heavy (non-hydrogen) atoms. The second kappa shape index (κ2) is 9.39. The lowest BCUT2D eigenvalue weighted by Crippen LogP contribution is -2.17. The van der Waals surface area contributed by atoms with Gasteiger partial charge < -0.3 is 20.0 Å². The molecule has 0 spiro atoms. The summed E-state index contributed by atoms with van der Waals surface area (Å²) in [5, 5.41) is 28.8. The molecule has 3 aromatic rings. The highest BCUT2D eigenvalue weighted by Gasteiger charge is 2.24. The number of nitro groups is 1. The van der Waals surface area contributed by atoms with E-state index in [2.05, 4.69) is 31.6 Å². The summed E-state index contributed by atoms with van der Waals surface area (Å²) in [5.41, 5.74) is 4.44. The molecular formula is C20H18BrN5O5. The fourth-order valence-electron chi connectivity index (χ4n) is 2.83. The number of benzene rings is 2. The lowest BCUT2D eigenvalue weighted by Gasteiger charge is -2.09. The monoisotopic (exact) mass is 487 g/mol. The minimum absolute atomic E-state index is 0.108. The molecule has 11 heteroatoms. The molecule has 1 aromatic heterocycles. The van der Waals surface area contributed by atoms with Crippen LogP contribution < -0.4 is 10.2 Å². The van der Waals surface area contributed by atoms with Gasteiger partial charge in [-0.05, 0) is 63.7 Å². The van der Waals surface area contributed by atoms with Crippen molar-refractivity contribution in [1.29, 1.82) is 0 Å². The minimum atomic E-state index is -0.554. The lowest BCUT2D eigenvalue weighted by molar-refractivity contribution is -0.390. The van der Waals surface area contributed by atoms with Gasteiger partial charge in [0.1, 0.15) is 16.0 Å². The molecule has 0 bridgehead atoms. The highest BCUT2D eigenvalue weighted by Crippen LogP contribution is 2.29. The summed E-state index contributed by atoms with van der Waals surface area (Å²) < 4.78 is 7.20. The van der Waals surface area contributed by atoms with Crippen molar-refractivity contribution < 1.29 is 19.6 Å². The van der Waals surface area contributed by atoms with Crippen LogP contribution in [-0.4, -0.2) is 39.0 Å². The maximum atomic E-state index is 12.1. The van der Waals surface area contributed by atoms with E-state index in [4.69, 9.17) is 4.74 Å². The van der Waals surface area contributed by atoms with Crippen molar-refractivity contribution in [2.24, 2.45) is 5.10 Å². The number of hydrogen-bond acceptors (Lipinski definition) is 7. The van der Waals surface area contributed by atoms with E-state index in [1.165, 1.54) is 30.1 Å². The van der Waals surface area contributed by atoms with Crippen LogP contribution in [0.3, 0.4) is 0 Å². The Morgan fingerprint density at radius 2 is 2.13 bits per heavy atom. The predicted octanol–water partition coefficient (Wildman–Crippen LogP) is 3.39. The standard InChI is InChI=1S/C20H18BrN5O5/c1-12-18(21)19(26(29)30)24-25(12)11-14-9-13(7-8-17(14)31-2)10-22-23-20(28)15-5-3-4-6-16(15)27/h3-10,27H,11H2,1-2H3,(H,23,28)/b22-10+. The van der Waals surface area contributed by atoms with Crippen LogP contribution in [0.2, 0.25) is 0 Å². The van der Waals surface area contributed by atoms with E-state index in [1.54, 1.807) is 37.3 Å². The Morgan fingerprint density at radius 1 is 1.39 bits per heavy atom. The number of para-hydroxylation sites is 1. The highest BCUT2D eigenvalue weighted by atomic mass is 79.9. The van der Waals surface area contributed by atoms with Crippen LogP contribution in [0.5, 0.6) is 11.5 Å². The summed E-state index contributed by atoms with van der Waals surface area (Å²) in [5.74, 6) is -0.380. The van der Waals surface area contributed by atoms with Gasteiger partial charge in [0.15, 0.2) is 0 Å². The van der Waals surface area contributed by atoms with E-state index in [9.17, 15) is 20.0 Å². The summed E-state index contributed by atoms with van der Waals surface area (Å²) in [6.45, 7) is 1.95. The first kappa shape index (κ1) is 22.0. The molecule has 2 N–H and O–H groups in total. The van der Waals surface area contributed by atoms with E-state index in [0.717, 1.165) is 0 Å². The molecule has 0 aliphatic heterocycles. The van der Waals surface area contributed by atoms with E-state index in [1.807, 2.05) is 0 Å². The zero-order valence-corrected chi connectivity index (χ0v) is 18.2. The third kappa shape index (κ3) is 4.89. The molecule has 0 atom stereocenters. The van der Waals surface area contributed by atoms with Gasteiger partial charge >= 0.3 is 5.82 Å². The van der Waals surface area contributed by atoms with Crippen molar-refractivity contribution in [2.75, 3.05) is 7.11 Å². The quantitative estimate of drug-likeness (QED) is 0.298. The van der Waals surface area contributed by atoms with Gasteiger partial charge in [-0.15, -0.1) is 0 Å². The van der Waals surface area contributed by atoms with Crippen molar-refractivity contribution in [1.82, 2.24) is 15.2 Å². The van der Waals surface area contributed by atoms with Crippen molar-refractivity contribution in [3.05, 3.63) is 79.4 Å². The molecule has 160 valence electrons. The molecule has 3 rings (SSSR count). The Bertz CT molecular complexity index is 1170. The fraction of sp³-hybridized carbons (Fsp3) is 0.150. The van der Waals surface area contributed by atoms with Gasteiger partial charge in [-0.3, -0.25) is 4.79 Å². The van der Waals surface area contributed by atoms with Gasteiger partial charge in [-0.2, -0.15) is 9.78 Å². The molecular weight excluding hydrogens is 470 g/mol. The molecule has 0 saturated carbocycles. The Balaban J connectivity index is 1.80. The summed E-state index contributed by atoms with van der Waals surface area (Å²) in [6.07, 6.45) is 1.44. The van der Waals surface area contributed by atoms with E-state index >= 15 is 0 Å². The van der Waals surface area contributed by atoms with Gasteiger partial charge in [0.2, 0.25) is 0 Å². The fourth-order valence-corrected chi connectivity index (χ4v) is 3.26. The molecule has 1 amide bonds. The maximum Gasteiger partial charge on any atom is 0.404 e. The number of aromatic nitrogens is 2. The average Bonchev–Trinajstić information content (AvgIpc) is 3.03. The Kier molecular flexibility index (Phi) is 6.65. The van der Waals surface area contributed by atoms with Gasteiger partial charge in [-0.1, -0.05) is 12.1 Å². The normalized spacial score (nSPS) is 10.9. The number of halogens is 1. The largest absolute Gasteiger partial charge is 0.507 e. The molecule has 0 saturated heterocycles. The van der Waals surface area contributed by atoms with Crippen LogP contribution >= 0.6 is 15.9 Å². The second-order valence-electron chi connectivity index (χ2n) is 6.43. The van der Waals surface area contributed by atoms with Crippen LogP contribution in [0.25, 0.3) is 0 Å². The Morgan fingerprint density at radius 3 is 2.77 bits per heavy atom. The number of methoxy groups -OCH3 is 1. The van der Waals surface area contributed by atoms with Gasteiger partial charge in [0.25, 0.3) is 5.91 Å². The van der Waals surface area contributed by atoms with Crippen molar-refractivity contribution in [3.8, 4) is 11.5 Å². The maximum absolute atomic E-state index is 12.1. The number of hydrazone groups is 1. The van der Waals surface area contributed by atoms with Crippen LogP contribution in [0.15, 0.2) is 52.0 Å². The molecule has 0 aliphatic rings. The smallest absolute Gasteiger partial charge is 0.404 e. The minimum Gasteiger partial charge on any atom is -0.507 e. The number of nitrogens with one attached hydrogen (secondary N) is 1. The summed E-state index contributed by atoms with van der Waals surface area (Å²) >= 11 is 3.20. The zero-order valence-electron chi connectivity index (χ0n) is 16.6. The number of phenols is 1. The number of carbonyl (C=O) groups is 1. The number of hydrogen-bond donors (Lipinski definition) is 2. The van der Waals surface area contributed by atoms with Crippen molar-refractivity contribution >= 4 is 33.9 Å². The average molecular weight is 488 g/mol. The number of carbonyl (C=O) groups excluding carboxylic acids is 1.